The monoisotopic (exact) mass is 261 g/mol. The fourth-order valence-electron chi connectivity index (χ4n) is 1.45. The zero-order chi connectivity index (χ0) is 13.5. The minimum Gasteiger partial charge on any atom is -0.497 e. The first kappa shape index (κ1) is 12.9. The molecule has 2 aromatic rings. The molecule has 2 rings (SSSR count). The third-order valence-corrected chi connectivity index (χ3v) is 2.46. The predicted octanol–water partition coefficient (Wildman–Crippen LogP) is 1.11. The van der Waals surface area contributed by atoms with Crippen LogP contribution in [0.1, 0.15) is 5.69 Å². The molecule has 0 spiro atoms. The number of aromatic nitrogens is 2. The number of hydrogen-bond donors (Lipinski definition) is 2. The Hall–Kier alpha value is -2.50. The Morgan fingerprint density at radius 1 is 1.32 bits per heavy atom. The van der Waals surface area contributed by atoms with Gasteiger partial charge < -0.3 is 19.8 Å². The van der Waals surface area contributed by atoms with Gasteiger partial charge in [0.05, 0.1) is 25.7 Å². The van der Waals surface area contributed by atoms with Crippen LogP contribution in [0.15, 0.2) is 36.8 Å². The number of rotatable bonds is 6. The summed E-state index contributed by atoms with van der Waals surface area (Å²) < 4.78 is 10.4. The van der Waals surface area contributed by atoms with Gasteiger partial charge in [-0.2, -0.15) is 0 Å². The summed E-state index contributed by atoms with van der Waals surface area (Å²) in [7, 11) is 1.60. The lowest BCUT2D eigenvalue weighted by molar-refractivity contribution is -0.123. The zero-order valence-corrected chi connectivity index (χ0v) is 10.6. The Balaban J connectivity index is 1.73. The Bertz CT molecular complexity index is 508. The van der Waals surface area contributed by atoms with Crippen molar-refractivity contribution in [2.45, 2.75) is 6.54 Å². The summed E-state index contributed by atoms with van der Waals surface area (Å²) in [6.07, 6.45) is 3.22. The molecule has 6 heteroatoms. The normalized spacial score (nSPS) is 9.95. The van der Waals surface area contributed by atoms with Crippen molar-refractivity contribution in [1.29, 1.82) is 0 Å². The number of carbonyl (C=O) groups excluding carboxylic acids is 1. The van der Waals surface area contributed by atoms with Gasteiger partial charge in [0.15, 0.2) is 6.61 Å². The second kappa shape index (κ2) is 6.44. The van der Waals surface area contributed by atoms with E-state index in [1.807, 2.05) is 0 Å². The molecule has 0 bridgehead atoms. The summed E-state index contributed by atoms with van der Waals surface area (Å²) in [5.41, 5.74) is 0.845. The summed E-state index contributed by atoms with van der Waals surface area (Å²) in [5, 5.41) is 2.72. The maximum atomic E-state index is 11.5. The predicted molar refractivity (Wildman–Crippen MR) is 68.9 cm³/mol. The number of H-pyrrole nitrogens is 1. The molecule has 0 aliphatic rings. The van der Waals surface area contributed by atoms with Crippen molar-refractivity contribution in [3.63, 3.8) is 0 Å². The van der Waals surface area contributed by atoms with Crippen LogP contribution in [0.3, 0.4) is 0 Å². The average molecular weight is 261 g/mol. The molecule has 1 aromatic heterocycles. The summed E-state index contributed by atoms with van der Waals surface area (Å²) in [6.45, 7) is 0.380. The van der Waals surface area contributed by atoms with E-state index in [0.717, 1.165) is 11.4 Å². The van der Waals surface area contributed by atoms with Crippen molar-refractivity contribution in [3.05, 3.63) is 42.5 Å². The lowest BCUT2D eigenvalue weighted by Crippen LogP contribution is -2.28. The molecule has 2 N–H and O–H groups in total. The van der Waals surface area contributed by atoms with Crippen LogP contribution in [-0.4, -0.2) is 29.6 Å². The van der Waals surface area contributed by atoms with E-state index in [4.69, 9.17) is 9.47 Å². The second-order valence-corrected chi connectivity index (χ2v) is 3.82. The molecule has 0 saturated heterocycles. The van der Waals surface area contributed by atoms with E-state index in [2.05, 4.69) is 15.3 Å². The zero-order valence-electron chi connectivity index (χ0n) is 10.6. The fraction of sp³-hybridized carbons (Fsp3) is 0.231. The van der Waals surface area contributed by atoms with Crippen molar-refractivity contribution in [1.82, 2.24) is 15.3 Å². The Morgan fingerprint density at radius 2 is 2.05 bits per heavy atom. The molecule has 0 fully saturated rings. The maximum absolute atomic E-state index is 11.5. The number of hydrogen-bond acceptors (Lipinski definition) is 4. The van der Waals surface area contributed by atoms with Gasteiger partial charge in [0, 0.05) is 6.20 Å². The number of amides is 1. The molecule has 1 aromatic carbocycles. The van der Waals surface area contributed by atoms with Gasteiger partial charge in [-0.3, -0.25) is 4.79 Å². The summed E-state index contributed by atoms with van der Waals surface area (Å²) in [4.78, 5) is 18.3. The van der Waals surface area contributed by atoms with E-state index in [1.165, 1.54) is 0 Å². The Kier molecular flexibility index (Phi) is 4.39. The molecule has 19 heavy (non-hydrogen) atoms. The first-order valence-electron chi connectivity index (χ1n) is 5.79. The number of aromatic amines is 1. The van der Waals surface area contributed by atoms with Gasteiger partial charge in [-0.25, -0.2) is 4.98 Å². The SMILES string of the molecule is COc1ccc(OCC(=O)NCc2cnc[nH]2)cc1. The second-order valence-electron chi connectivity index (χ2n) is 3.82. The molecule has 0 aliphatic heterocycles. The highest BCUT2D eigenvalue weighted by Crippen LogP contribution is 2.16. The molecule has 6 nitrogen and oxygen atoms in total. The van der Waals surface area contributed by atoms with E-state index >= 15 is 0 Å². The van der Waals surface area contributed by atoms with Crippen molar-refractivity contribution < 1.29 is 14.3 Å². The topological polar surface area (TPSA) is 76.2 Å². The number of carbonyl (C=O) groups is 1. The Morgan fingerprint density at radius 3 is 2.68 bits per heavy atom. The number of imidazole rings is 1. The quantitative estimate of drug-likeness (QED) is 0.816. The first-order valence-corrected chi connectivity index (χ1v) is 5.79. The number of ether oxygens (including phenoxy) is 2. The van der Waals surface area contributed by atoms with E-state index in [0.29, 0.717) is 12.3 Å². The van der Waals surface area contributed by atoms with Crippen LogP contribution in [0.4, 0.5) is 0 Å². The van der Waals surface area contributed by atoms with E-state index in [9.17, 15) is 4.79 Å². The van der Waals surface area contributed by atoms with Gasteiger partial charge in [0.25, 0.3) is 5.91 Å². The van der Waals surface area contributed by atoms with Gasteiger partial charge in [0.1, 0.15) is 11.5 Å². The molecule has 100 valence electrons. The van der Waals surface area contributed by atoms with Crippen molar-refractivity contribution in [2.75, 3.05) is 13.7 Å². The molecule has 0 unspecified atom stereocenters. The Labute approximate surface area is 110 Å². The smallest absolute Gasteiger partial charge is 0.258 e. The van der Waals surface area contributed by atoms with Gasteiger partial charge in [-0.1, -0.05) is 0 Å². The van der Waals surface area contributed by atoms with Gasteiger partial charge in [-0.05, 0) is 24.3 Å². The number of nitrogens with zero attached hydrogens (tertiary/aromatic N) is 1. The standard InChI is InChI=1S/C13H15N3O3/c1-18-11-2-4-12(5-3-11)19-8-13(17)15-7-10-6-14-9-16-10/h2-6,9H,7-8H2,1H3,(H,14,16)(H,15,17). The molecule has 0 atom stereocenters. The molecule has 1 amide bonds. The highest BCUT2D eigenvalue weighted by atomic mass is 16.5. The van der Waals surface area contributed by atoms with Crippen molar-refractivity contribution >= 4 is 5.91 Å². The molecular weight excluding hydrogens is 246 g/mol. The average Bonchev–Trinajstić information content (AvgIpc) is 2.96. The van der Waals surface area contributed by atoms with Gasteiger partial charge >= 0.3 is 0 Å². The molecule has 0 aliphatic carbocycles. The summed E-state index contributed by atoms with van der Waals surface area (Å²) >= 11 is 0. The summed E-state index contributed by atoms with van der Waals surface area (Å²) in [5.74, 6) is 1.18. The van der Waals surface area contributed by atoms with E-state index in [-0.39, 0.29) is 12.5 Å². The van der Waals surface area contributed by atoms with Crippen LogP contribution < -0.4 is 14.8 Å². The van der Waals surface area contributed by atoms with Crippen LogP contribution in [0, 0.1) is 0 Å². The largest absolute Gasteiger partial charge is 0.497 e. The van der Waals surface area contributed by atoms with Crippen molar-refractivity contribution in [2.24, 2.45) is 0 Å². The maximum Gasteiger partial charge on any atom is 0.258 e. The first-order chi connectivity index (χ1) is 9.28. The third-order valence-electron chi connectivity index (χ3n) is 2.46. The molecule has 0 radical (unpaired) electrons. The lowest BCUT2D eigenvalue weighted by Gasteiger charge is -2.07. The van der Waals surface area contributed by atoms with Crippen LogP contribution >= 0.6 is 0 Å². The fourth-order valence-corrected chi connectivity index (χ4v) is 1.45. The van der Waals surface area contributed by atoms with Gasteiger partial charge in [0.2, 0.25) is 0 Å². The van der Waals surface area contributed by atoms with Crippen LogP contribution in [-0.2, 0) is 11.3 Å². The number of benzene rings is 1. The van der Waals surface area contributed by atoms with Crippen LogP contribution in [0.2, 0.25) is 0 Å². The third kappa shape index (κ3) is 4.02. The number of nitrogens with one attached hydrogen (secondary N) is 2. The van der Waals surface area contributed by atoms with Crippen LogP contribution in [0.25, 0.3) is 0 Å². The van der Waals surface area contributed by atoms with E-state index < -0.39 is 0 Å². The van der Waals surface area contributed by atoms with Gasteiger partial charge in [-0.15, -0.1) is 0 Å². The highest BCUT2D eigenvalue weighted by molar-refractivity contribution is 5.77. The summed E-state index contributed by atoms with van der Waals surface area (Å²) in [6, 6.07) is 7.05. The van der Waals surface area contributed by atoms with E-state index in [1.54, 1.807) is 43.9 Å². The lowest BCUT2D eigenvalue weighted by atomic mass is 10.3. The van der Waals surface area contributed by atoms with Crippen molar-refractivity contribution in [3.8, 4) is 11.5 Å². The minimum absolute atomic E-state index is 0.0273. The molecule has 1 heterocycles. The minimum atomic E-state index is -0.189. The highest BCUT2D eigenvalue weighted by Gasteiger charge is 2.03. The molecule has 0 saturated carbocycles. The molecular formula is C13H15N3O3. The number of methoxy groups -OCH3 is 1. The van der Waals surface area contributed by atoms with Crippen LogP contribution in [0.5, 0.6) is 11.5 Å².